The Hall–Kier alpha value is -0.0800. The molecule has 0 bridgehead atoms. The summed E-state index contributed by atoms with van der Waals surface area (Å²) >= 11 is 0. The van der Waals surface area contributed by atoms with Gasteiger partial charge in [0.05, 0.1) is 0 Å². The van der Waals surface area contributed by atoms with E-state index >= 15 is 0 Å². The lowest BCUT2D eigenvalue weighted by Crippen LogP contribution is -2.45. The van der Waals surface area contributed by atoms with Gasteiger partial charge in [0.15, 0.2) is 0 Å². The Kier molecular flexibility index (Phi) is 6.66. The third-order valence-electron chi connectivity index (χ3n) is 5.38. The van der Waals surface area contributed by atoms with Crippen LogP contribution in [0.1, 0.15) is 71.6 Å². The molecule has 1 aliphatic carbocycles. The number of piperidine rings is 1. The Labute approximate surface area is 120 Å². The van der Waals surface area contributed by atoms with E-state index in [1.807, 2.05) is 0 Å². The van der Waals surface area contributed by atoms with Gasteiger partial charge in [0, 0.05) is 18.6 Å². The fourth-order valence-corrected chi connectivity index (χ4v) is 3.82. The van der Waals surface area contributed by atoms with Crippen LogP contribution >= 0.6 is 0 Å². The van der Waals surface area contributed by atoms with Crippen LogP contribution in [0, 0.1) is 5.92 Å². The van der Waals surface area contributed by atoms with Crippen molar-refractivity contribution in [1.82, 2.24) is 10.2 Å². The van der Waals surface area contributed by atoms with Crippen molar-refractivity contribution < 1.29 is 0 Å². The zero-order chi connectivity index (χ0) is 13.5. The molecule has 3 atom stereocenters. The number of nitrogens with one attached hydrogen (secondary N) is 1. The standard InChI is InChI=1S/C17H34N2/c1-3-16-8-7-9-17(11-10-16)18-14-15(2)19-12-5-4-6-13-19/h15-18H,3-14H2,1-2H3. The molecule has 2 aliphatic rings. The van der Waals surface area contributed by atoms with Gasteiger partial charge in [-0.2, -0.15) is 0 Å². The molecule has 1 saturated heterocycles. The summed E-state index contributed by atoms with van der Waals surface area (Å²) in [5.41, 5.74) is 0. The first-order valence-electron chi connectivity index (χ1n) is 8.77. The van der Waals surface area contributed by atoms with Gasteiger partial charge in [-0.1, -0.05) is 32.6 Å². The first kappa shape index (κ1) is 15.3. The molecule has 2 heteroatoms. The smallest absolute Gasteiger partial charge is 0.0192 e. The van der Waals surface area contributed by atoms with Crippen LogP contribution in [0.25, 0.3) is 0 Å². The summed E-state index contributed by atoms with van der Waals surface area (Å²) in [5, 5.41) is 3.86. The lowest BCUT2D eigenvalue weighted by atomic mass is 9.98. The molecule has 2 fully saturated rings. The number of likely N-dealkylation sites (tertiary alicyclic amines) is 1. The monoisotopic (exact) mass is 266 g/mol. The summed E-state index contributed by atoms with van der Waals surface area (Å²) in [6.45, 7) is 8.61. The minimum absolute atomic E-state index is 0.727. The van der Waals surface area contributed by atoms with E-state index in [0.717, 1.165) is 18.0 Å². The molecule has 0 aromatic rings. The van der Waals surface area contributed by atoms with Gasteiger partial charge in [0.1, 0.15) is 0 Å². The SMILES string of the molecule is CCC1CCCC(NCC(C)N2CCCCC2)CC1. The molecule has 112 valence electrons. The van der Waals surface area contributed by atoms with E-state index in [9.17, 15) is 0 Å². The van der Waals surface area contributed by atoms with Crippen LogP contribution in [0.4, 0.5) is 0 Å². The van der Waals surface area contributed by atoms with Gasteiger partial charge in [-0.05, 0) is 58.0 Å². The van der Waals surface area contributed by atoms with Gasteiger partial charge < -0.3 is 5.32 Å². The lowest BCUT2D eigenvalue weighted by molar-refractivity contribution is 0.167. The van der Waals surface area contributed by atoms with Gasteiger partial charge in [-0.15, -0.1) is 0 Å². The average molecular weight is 266 g/mol. The molecule has 0 amide bonds. The minimum Gasteiger partial charge on any atom is -0.312 e. The van der Waals surface area contributed by atoms with Crippen molar-refractivity contribution in [2.24, 2.45) is 5.92 Å². The van der Waals surface area contributed by atoms with E-state index in [2.05, 4.69) is 24.1 Å². The van der Waals surface area contributed by atoms with Crippen LogP contribution < -0.4 is 5.32 Å². The van der Waals surface area contributed by atoms with Crippen molar-refractivity contribution in [2.45, 2.75) is 83.7 Å². The molecule has 1 N–H and O–H groups in total. The molecular formula is C17H34N2. The molecule has 0 aromatic carbocycles. The van der Waals surface area contributed by atoms with Crippen LogP contribution in [0.15, 0.2) is 0 Å². The van der Waals surface area contributed by atoms with Crippen molar-refractivity contribution in [3.05, 3.63) is 0 Å². The second-order valence-electron chi connectivity index (χ2n) is 6.83. The van der Waals surface area contributed by atoms with Crippen LogP contribution in [0.5, 0.6) is 0 Å². The molecule has 3 unspecified atom stereocenters. The van der Waals surface area contributed by atoms with E-state index in [-0.39, 0.29) is 0 Å². The molecular weight excluding hydrogens is 232 g/mol. The molecule has 19 heavy (non-hydrogen) atoms. The van der Waals surface area contributed by atoms with Crippen molar-refractivity contribution in [1.29, 1.82) is 0 Å². The van der Waals surface area contributed by atoms with E-state index in [0.29, 0.717) is 0 Å². The number of hydrogen-bond donors (Lipinski definition) is 1. The van der Waals surface area contributed by atoms with Gasteiger partial charge in [0.2, 0.25) is 0 Å². The van der Waals surface area contributed by atoms with Gasteiger partial charge in [-0.3, -0.25) is 4.90 Å². The highest BCUT2D eigenvalue weighted by Gasteiger charge is 2.20. The molecule has 0 spiro atoms. The Morgan fingerprint density at radius 1 is 1.00 bits per heavy atom. The third-order valence-corrected chi connectivity index (χ3v) is 5.38. The van der Waals surface area contributed by atoms with Crippen molar-refractivity contribution in [3.8, 4) is 0 Å². The van der Waals surface area contributed by atoms with Crippen molar-refractivity contribution in [2.75, 3.05) is 19.6 Å². The number of nitrogens with zero attached hydrogens (tertiary/aromatic N) is 1. The summed E-state index contributed by atoms with van der Waals surface area (Å²) in [7, 11) is 0. The first-order valence-corrected chi connectivity index (χ1v) is 8.77. The van der Waals surface area contributed by atoms with E-state index in [1.165, 1.54) is 77.4 Å². The predicted molar refractivity (Wildman–Crippen MR) is 83.5 cm³/mol. The van der Waals surface area contributed by atoms with Gasteiger partial charge in [-0.25, -0.2) is 0 Å². The Morgan fingerprint density at radius 3 is 2.53 bits per heavy atom. The largest absolute Gasteiger partial charge is 0.312 e. The highest BCUT2D eigenvalue weighted by molar-refractivity contribution is 4.78. The zero-order valence-corrected chi connectivity index (χ0v) is 13.2. The first-order chi connectivity index (χ1) is 9.29. The minimum atomic E-state index is 0.727. The molecule has 0 radical (unpaired) electrons. The summed E-state index contributed by atoms with van der Waals surface area (Å²) in [4.78, 5) is 2.68. The second-order valence-corrected chi connectivity index (χ2v) is 6.83. The topological polar surface area (TPSA) is 15.3 Å². The second kappa shape index (κ2) is 8.26. The summed E-state index contributed by atoms with van der Waals surface area (Å²) < 4.78 is 0. The summed E-state index contributed by atoms with van der Waals surface area (Å²) in [5.74, 6) is 1.01. The van der Waals surface area contributed by atoms with Crippen LogP contribution in [-0.4, -0.2) is 36.6 Å². The number of hydrogen-bond acceptors (Lipinski definition) is 2. The van der Waals surface area contributed by atoms with E-state index in [1.54, 1.807) is 0 Å². The van der Waals surface area contributed by atoms with Crippen LogP contribution in [0.3, 0.4) is 0 Å². The van der Waals surface area contributed by atoms with Crippen LogP contribution in [0.2, 0.25) is 0 Å². The third kappa shape index (κ3) is 5.07. The van der Waals surface area contributed by atoms with Gasteiger partial charge in [0.25, 0.3) is 0 Å². The highest BCUT2D eigenvalue weighted by Crippen LogP contribution is 2.25. The fraction of sp³-hybridized carbons (Fsp3) is 1.00. The lowest BCUT2D eigenvalue weighted by Gasteiger charge is -2.33. The summed E-state index contributed by atoms with van der Waals surface area (Å²) in [6, 6.07) is 1.52. The van der Waals surface area contributed by atoms with Crippen LogP contribution in [-0.2, 0) is 0 Å². The number of rotatable bonds is 5. The molecule has 2 nitrogen and oxygen atoms in total. The van der Waals surface area contributed by atoms with Gasteiger partial charge >= 0.3 is 0 Å². The molecule has 0 aromatic heterocycles. The van der Waals surface area contributed by atoms with E-state index < -0.39 is 0 Å². The Balaban J connectivity index is 1.66. The molecule has 1 aliphatic heterocycles. The average Bonchev–Trinajstić information content (AvgIpc) is 2.70. The molecule has 1 saturated carbocycles. The maximum atomic E-state index is 3.86. The van der Waals surface area contributed by atoms with E-state index in [4.69, 9.17) is 0 Å². The maximum Gasteiger partial charge on any atom is 0.0192 e. The normalized spacial score (nSPS) is 31.9. The predicted octanol–water partition coefficient (Wildman–Crippen LogP) is 3.81. The Bertz CT molecular complexity index is 235. The quantitative estimate of drug-likeness (QED) is 0.761. The highest BCUT2D eigenvalue weighted by atomic mass is 15.2. The maximum absolute atomic E-state index is 3.86. The Morgan fingerprint density at radius 2 is 1.79 bits per heavy atom. The fourth-order valence-electron chi connectivity index (χ4n) is 3.82. The summed E-state index contributed by atoms with van der Waals surface area (Å²) in [6.07, 6.45) is 12.8. The van der Waals surface area contributed by atoms with Crippen molar-refractivity contribution >= 4 is 0 Å². The van der Waals surface area contributed by atoms with Crippen molar-refractivity contribution in [3.63, 3.8) is 0 Å². The molecule has 2 rings (SSSR count). The zero-order valence-electron chi connectivity index (χ0n) is 13.2. The molecule has 1 heterocycles.